The van der Waals surface area contributed by atoms with Gasteiger partial charge in [0.15, 0.2) is 0 Å². The molecule has 0 radical (unpaired) electrons. The van der Waals surface area contributed by atoms with Gasteiger partial charge >= 0.3 is 0 Å². The first-order valence-electron chi connectivity index (χ1n) is 8.37. The topological polar surface area (TPSA) is 66.9 Å². The van der Waals surface area contributed by atoms with Crippen LogP contribution in [0.5, 0.6) is 0 Å². The molecule has 0 bridgehead atoms. The van der Waals surface area contributed by atoms with Crippen molar-refractivity contribution in [2.24, 2.45) is 5.92 Å². The number of nitrogens with zero attached hydrogens (tertiary/aromatic N) is 2. The number of amides is 1. The molecule has 1 aliphatic carbocycles. The van der Waals surface area contributed by atoms with Crippen LogP contribution in [-0.2, 0) is 11.3 Å². The molecule has 0 saturated heterocycles. The van der Waals surface area contributed by atoms with Crippen LogP contribution >= 0.6 is 11.6 Å². The summed E-state index contributed by atoms with van der Waals surface area (Å²) in [4.78, 5) is 20.7. The minimum Gasteiger partial charge on any atom is -0.352 e. The van der Waals surface area contributed by atoms with Gasteiger partial charge in [0.2, 0.25) is 11.9 Å². The highest BCUT2D eigenvalue weighted by Gasteiger charge is 2.26. The van der Waals surface area contributed by atoms with E-state index in [0.29, 0.717) is 16.5 Å². The molecule has 1 heterocycles. The molecule has 7 heteroatoms. The summed E-state index contributed by atoms with van der Waals surface area (Å²) in [5.41, 5.74) is 0.328. The number of nitrogens with one attached hydrogen (secondary N) is 2. The second-order valence-corrected chi connectivity index (χ2v) is 6.59. The first-order valence-corrected chi connectivity index (χ1v) is 8.75. The van der Waals surface area contributed by atoms with E-state index in [1.54, 1.807) is 30.6 Å². The molecule has 1 amide bonds. The van der Waals surface area contributed by atoms with Gasteiger partial charge in [-0.05, 0) is 43.9 Å². The van der Waals surface area contributed by atoms with Crippen molar-refractivity contribution in [1.29, 1.82) is 0 Å². The minimum atomic E-state index is -0.399. The second-order valence-electron chi connectivity index (χ2n) is 6.18. The predicted molar refractivity (Wildman–Crippen MR) is 94.7 cm³/mol. The molecule has 3 rings (SSSR count). The summed E-state index contributed by atoms with van der Waals surface area (Å²) in [5.74, 6) is 0.113. The van der Waals surface area contributed by atoms with Crippen molar-refractivity contribution in [2.45, 2.75) is 38.3 Å². The molecule has 0 aliphatic heterocycles. The Hall–Kier alpha value is -2.21. The number of hydrogen-bond donors (Lipinski definition) is 2. The Labute approximate surface area is 151 Å². The fourth-order valence-electron chi connectivity index (χ4n) is 3.08. The normalized spacial score (nSPS) is 20.1. The first-order chi connectivity index (χ1) is 12.1. The molecule has 2 N–H and O–H groups in total. The lowest BCUT2D eigenvalue weighted by Crippen LogP contribution is -2.36. The van der Waals surface area contributed by atoms with Crippen LogP contribution in [0.3, 0.4) is 0 Å². The molecular weight excluding hydrogens is 343 g/mol. The number of halogens is 2. The highest BCUT2D eigenvalue weighted by Crippen LogP contribution is 2.26. The predicted octanol–water partition coefficient (Wildman–Crippen LogP) is 3.56. The van der Waals surface area contributed by atoms with Crippen molar-refractivity contribution >= 4 is 23.5 Å². The van der Waals surface area contributed by atoms with Gasteiger partial charge in [0.05, 0.1) is 0 Å². The van der Waals surface area contributed by atoms with Crippen LogP contribution < -0.4 is 10.6 Å². The molecule has 25 heavy (non-hydrogen) atoms. The summed E-state index contributed by atoms with van der Waals surface area (Å²) in [6.07, 6.45) is 6.70. The van der Waals surface area contributed by atoms with Gasteiger partial charge in [0, 0.05) is 41.5 Å². The van der Waals surface area contributed by atoms with Gasteiger partial charge in [0.25, 0.3) is 0 Å². The quantitative estimate of drug-likeness (QED) is 0.853. The van der Waals surface area contributed by atoms with Crippen molar-refractivity contribution in [1.82, 2.24) is 15.3 Å². The number of rotatable bonds is 5. The van der Waals surface area contributed by atoms with Crippen LogP contribution in [-0.4, -0.2) is 21.9 Å². The summed E-state index contributed by atoms with van der Waals surface area (Å²) in [7, 11) is 0. The van der Waals surface area contributed by atoms with Crippen molar-refractivity contribution < 1.29 is 9.18 Å². The maximum atomic E-state index is 13.7. The molecule has 1 aromatic heterocycles. The Morgan fingerprint density at radius 2 is 1.88 bits per heavy atom. The third-order valence-electron chi connectivity index (χ3n) is 4.50. The zero-order valence-electron chi connectivity index (χ0n) is 13.7. The third-order valence-corrected chi connectivity index (χ3v) is 4.85. The van der Waals surface area contributed by atoms with Gasteiger partial charge in [0.1, 0.15) is 5.82 Å². The summed E-state index contributed by atoms with van der Waals surface area (Å²) >= 11 is 5.98. The molecule has 1 saturated carbocycles. The molecular formula is C18H20ClFN4O. The molecule has 0 spiro atoms. The van der Waals surface area contributed by atoms with Crippen LogP contribution in [0.15, 0.2) is 36.7 Å². The zero-order chi connectivity index (χ0) is 17.6. The molecule has 132 valence electrons. The van der Waals surface area contributed by atoms with Crippen LogP contribution in [0, 0.1) is 11.7 Å². The van der Waals surface area contributed by atoms with E-state index in [4.69, 9.17) is 11.6 Å². The number of carbonyl (C=O) groups is 1. The summed E-state index contributed by atoms with van der Waals surface area (Å²) in [6, 6.07) is 6.56. The van der Waals surface area contributed by atoms with E-state index in [-0.39, 0.29) is 24.4 Å². The van der Waals surface area contributed by atoms with E-state index in [2.05, 4.69) is 20.6 Å². The minimum absolute atomic E-state index is 0.0475. The van der Waals surface area contributed by atoms with Crippen LogP contribution in [0.4, 0.5) is 10.3 Å². The molecule has 5 nitrogen and oxygen atoms in total. The number of aromatic nitrogens is 2. The van der Waals surface area contributed by atoms with Gasteiger partial charge < -0.3 is 10.6 Å². The SMILES string of the molecule is O=C(NCc1c(F)cccc1Cl)C1CCC(Nc2ncccn2)CC1. The highest BCUT2D eigenvalue weighted by atomic mass is 35.5. The molecule has 1 fully saturated rings. The lowest BCUT2D eigenvalue weighted by molar-refractivity contribution is -0.126. The van der Waals surface area contributed by atoms with Crippen molar-refractivity contribution in [3.63, 3.8) is 0 Å². The number of benzene rings is 1. The van der Waals surface area contributed by atoms with Crippen LogP contribution in [0.25, 0.3) is 0 Å². The van der Waals surface area contributed by atoms with Crippen LogP contribution in [0.1, 0.15) is 31.2 Å². The molecule has 1 aromatic carbocycles. The smallest absolute Gasteiger partial charge is 0.223 e. The summed E-state index contributed by atoms with van der Waals surface area (Å²) in [6.45, 7) is 0.111. The van der Waals surface area contributed by atoms with Gasteiger partial charge in [-0.25, -0.2) is 14.4 Å². The molecule has 2 aromatic rings. The zero-order valence-corrected chi connectivity index (χ0v) is 14.5. The second kappa shape index (κ2) is 8.25. The average molecular weight is 363 g/mol. The molecule has 1 aliphatic rings. The molecule has 0 atom stereocenters. The van der Waals surface area contributed by atoms with Crippen LogP contribution in [0.2, 0.25) is 5.02 Å². The Bertz CT molecular complexity index is 700. The average Bonchev–Trinajstić information content (AvgIpc) is 2.62. The van der Waals surface area contributed by atoms with Gasteiger partial charge in [-0.2, -0.15) is 0 Å². The largest absolute Gasteiger partial charge is 0.352 e. The van der Waals surface area contributed by atoms with Gasteiger partial charge in [-0.3, -0.25) is 4.79 Å². The van der Waals surface area contributed by atoms with E-state index < -0.39 is 5.82 Å². The maximum absolute atomic E-state index is 13.7. The Balaban J connectivity index is 1.47. The first kappa shape index (κ1) is 17.6. The van der Waals surface area contributed by atoms with E-state index in [1.807, 2.05) is 0 Å². The lowest BCUT2D eigenvalue weighted by atomic mass is 9.85. The lowest BCUT2D eigenvalue weighted by Gasteiger charge is -2.28. The summed E-state index contributed by atoms with van der Waals surface area (Å²) in [5, 5.41) is 6.43. The fourth-order valence-corrected chi connectivity index (χ4v) is 3.31. The van der Waals surface area contributed by atoms with Crippen molar-refractivity contribution in [3.8, 4) is 0 Å². The maximum Gasteiger partial charge on any atom is 0.223 e. The van der Waals surface area contributed by atoms with E-state index in [0.717, 1.165) is 25.7 Å². The Kier molecular flexibility index (Phi) is 5.81. The number of anilines is 1. The van der Waals surface area contributed by atoms with Gasteiger partial charge in [-0.1, -0.05) is 17.7 Å². The van der Waals surface area contributed by atoms with Crippen molar-refractivity contribution in [3.05, 3.63) is 53.1 Å². The van der Waals surface area contributed by atoms with E-state index in [9.17, 15) is 9.18 Å². The monoisotopic (exact) mass is 362 g/mol. The van der Waals surface area contributed by atoms with Crippen molar-refractivity contribution in [2.75, 3.05) is 5.32 Å². The van der Waals surface area contributed by atoms with Gasteiger partial charge in [-0.15, -0.1) is 0 Å². The van der Waals surface area contributed by atoms with E-state index >= 15 is 0 Å². The fraction of sp³-hybridized carbons (Fsp3) is 0.389. The van der Waals surface area contributed by atoms with E-state index in [1.165, 1.54) is 6.07 Å². The highest BCUT2D eigenvalue weighted by molar-refractivity contribution is 6.31. The number of hydrogen-bond acceptors (Lipinski definition) is 4. The third kappa shape index (κ3) is 4.66. The Morgan fingerprint density at radius 1 is 1.16 bits per heavy atom. The molecule has 0 unspecified atom stereocenters. The Morgan fingerprint density at radius 3 is 2.56 bits per heavy atom. The number of carbonyl (C=O) groups excluding carboxylic acids is 1. The standard InChI is InChI=1S/C18H20ClFN4O/c19-15-3-1-4-16(20)14(15)11-23-17(25)12-5-7-13(8-6-12)24-18-21-9-2-10-22-18/h1-4,9-10,12-13H,5-8,11H2,(H,23,25)(H,21,22,24). The summed E-state index contributed by atoms with van der Waals surface area (Å²) < 4.78 is 13.7.